The fourth-order valence-corrected chi connectivity index (χ4v) is 5.52. The maximum absolute atomic E-state index is 13.8. The largest absolute Gasteiger partial charge is 0.373 e. The topological polar surface area (TPSA) is 70.9 Å². The highest BCUT2D eigenvalue weighted by Gasteiger charge is 2.69. The zero-order valence-electron chi connectivity index (χ0n) is 17.4. The van der Waals surface area contributed by atoms with E-state index in [9.17, 15) is 8.78 Å². The Balaban J connectivity index is 1.28. The number of nitrogens with zero attached hydrogens (tertiary/aromatic N) is 5. The van der Waals surface area contributed by atoms with E-state index in [1.54, 1.807) is 0 Å². The molecule has 31 heavy (non-hydrogen) atoms. The van der Waals surface area contributed by atoms with Crippen molar-refractivity contribution in [3.63, 3.8) is 0 Å². The second-order valence-electron chi connectivity index (χ2n) is 9.06. The highest BCUT2D eigenvalue weighted by atomic mass is 19.1. The number of nitrogens with one attached hydrogen (secondary N) is 2. The van der Waals surface area contributed by atoms with Crippen molar-refractivity contribution in [2.75, 3.05) is 29.1 Å². The van der Waals surface area contributed by atoms with Crippen molar-refractivity contribution in [2.24, 2.45) is 0 Å². The van der Waals surface area contributed by atoms with E-state index in [0.717, 1.165) is 42.4 Å². The van der Waals surface area contributed by atoms with Gasteiger partial charge in [0.15, 0.2) is 0 Å². The first-order valence-electron chi connectivity index (χ1n) is 10.5. The van der Waals surface area contributed by atoms with Crippen LogP contribution in [0.2, 0.25) is 0 Å². The van der Waals surface area contributed by atoms with Gasteiger partial charge in [0, 0.05) is 42.6 Å². The first-order valence-corrected chi connectivity index (χ1v) is 10.5. The van der Waals surface area contributed by atoms with Crippen LogP contribution in [0, 0.1) is 18.6 Å². The van der Waals surface area contributed by atoms with Crippen molar-refractivity contribution in [1.29, 1.82) is 0 Å². The summed E-state index contributed by atoms with van der Waals surface area (Å²) in [5.41, 5.74) is 2.60. The molecular formula is C22H23F2N7. The van der Waals surface area contributed by atoms with Crippen LogP contribution in [-0.4, -0.2) is 38.7 Å². The first-order chi connectivity index (χ1) is 14.9. The van der Waals surface area contributed by atoms with Crippen LogP contribution in [0.15, 0.2) is 30.7 Å². The predicted molar refractivity (Wildman–Crippen MR) is 114 cm³/mol. The average molecular weight is 423 g/mol. The molecule has 3 heterocycles. The molecule has 7 rings (SSSR count). The van der Waals surface area contributed by atoms with Gasteiger partial charge < -0.3 is 20.1 Å². The number of aromatic nitrogens is 4. The summed E-state index contributed by atoms with van der Waals surface area (Å²) in [5.74, 6) is 0.788. The third kappa shape index (κ3) is 2.72. The molecule has 3 aromatic rings. The molecule has 7 nitrogen and oxygen atoms in total. The highest BCUT2D eigenvalue weighted by molar-refractivity contribution is 5.73. The molecule has 0 unspecified atom stereocenters. The van der Waals surface area contributed by atoms with Gasteiger partial charge in [0.05, 0.1) is 17.6 Å². The van der Waals surface area contributed by atoms with E-state index in [1.807, 2.05) is 25.2 Å². The standard InChI is InChI=1S/C22H23F2N7/c1-13-8-30(12-26-13)22-9-21(10-22,11-22)29-20-27-18(25-2)17-3-4-31(19(17)28-20)16-6-14(23)5-15(24)7-16/h5-8,12H,3-4,9-11H2,1-2H3,(H2,25,27,28,29). The van der Waals surface area contributed by atoms with E-state index >= 15 is 0 Å². The Morgan fingerprint density at radius 3 is 2.45 bits per heavy atom. The van der Waals surface area contributed by atoms with Crippen molar-refractivity contribution in [1.82, 2.24) is 19.5 Å². The van der Waals surface area contributed by atoms with E-state index in [1.165, 1.54) is 12.1 Å². The maximum Gasteiger partial charge on any atom is 0.227 e. The Morgan fingerprint density at radius 1 is 1.06 bits per heavy atom. The molecule has 0 spiro atoms. The van der Waals surface area contributed by atoms with E-state index < -0.39 is 11.6 Å². The number of fused-ring (bicyclic) bond motifs is 1. The molecule has 160 valence electrons. The van der Waals surface area contributed by atoms with Gasteiger partial charge in [-0.05, 0) is 44.7 Å². The van der Waals surface area contributed by atoms with E-state index in [-0.39, 0.29) is 11.1 Å². The molecule has 2 N–H and O–H groups in total. The van der Waals surface area contributed by atoms with E-state index in [2.05, 4.69) is 26.4 Å². The number of rotatable bonds is 5. The summed E-state index contributed by atoms with van der Waals surface area (Å²) in [4.78, 5) is 15.7. The van der Waals surface area contributed by atoms with Gasteiger partial charge in [0.2, 0.25) is 5.95 Å². The molecule has 3 fully saturated rings. The molecular weight excluding hydrogens is 400 g/mol. The van der Waals surface area contributed by atoms with Gasteiger partial charge in [-0.15, -0.1) is 0 Å². The van der Waals surface area contributed by atoms with Crippen molar-refractivity contribution >= 4 is 23.3 Å². The normalized spacial score (nSPS) is 25.6. The van der Waals surface area contributed by atoms with Crippen LogP contribution in [0.5, 0.6) is 0 Å². The summed E-state index contributed by atoms with van der Waals surface area (Å²) in [6.45, 7) is 2.60. The lowest BCUT2D eigenvalue weighted by molar-refractivity contribution is -0.100. The number of imidazole rings is 1. The van der Waals surface area contributed by atoms with Gasteiger partial charge in [-0.2, -0.15) is 9.97 Å². The Bertz CT molecular complexity index is 1160. The molecule has 4 aliphatic rings. The molecule has 2 bridgehead atoms. The van der Waals surface area contributed by atoms with Gasteiger partial charge in [-0.1, -0.05) is 0 Å². The molecule has 2 aromatic heterocycles. The fraction of sp³-hybridized carbons (Fsp3) is 0.409. The molecule has 1 aliphatic heterocycles. The summed E-state index contributed by atoms with van der Waals surface area (Å²) in [5, 5.41) is 6.71. The number of hydrogen-bond donors (Lipinski definition) is 2. The average Bonchev–Trinajstić information content (AvgIpc) is 3.28. The van der Waals surface area contributed by atoms with Crippen LogP contribution in [0.25, 0.3) is 0 Å². The second kappa shape index (κ2) is 6.15. The van der Waals surface area contributed by atoms with E-state index in [0.29, 0.717) is 30.4 Å². The zero-order valence-corrected chi connectivity index (χ0v) is 17.4. The SMILES string of the molecule is CNc1nc(NC23CC(n4cnc(C)c4)(C2)C3)nc2c1CCN2c1cc(F)cc(F)c1. The molecule has 1 aromatic carbocycles. The van der Waals surface area contributed by atoms with Crippen LogP contribution in [0.3, 0.4) is 0 Å². The van der Waals surface area contributed by atoms with Gasteiger partial charge >= 0.3 is 0 Å². The molecule has 0 amide bonds. The van der Waals surface area contributed by atoms with Crippen molar-refractivity contribution in [3.8, 4) is 0 Å². The van der Waals surface area contributed by atoms with Crippen LogP contribution >= 0.6 is 0 Å². The van der Waals surface area contributed by atoms with Crippen molar-refractivity contribution < 1.29 is 8.78 Å². The Kier molecular flexibility index (Phi) is 3.68. The number of anilines is 4. The monoisotopic (exact) mass is 423 g/mol. The van der Waals surface area contributed by atoms with Crippen LogP contribution in [0.1, 0.15) is 30.5 Å². The fourth-order valence-electron chi connectivity index (χ4n) is 5.52. The molecule has 3 aliphatic carbocycles. The molecule has 0 radical (unpaired) electrons. The third-order valence-corrected chi connectivity index (χ3v) is 6.86. The first kappa shape index (κ1) is 18.5. The van der Waals surface area contributed by atoms with Gasteiger partial charge in [-0.3, -0.25) is 0 Å². The Morgan fingerprint density at radius 2 is 1.81 bits per heavy atom. The quantitative estimate of drug-likeness (QED) is 0.652. The Hall–Kier alpha value is -3.23. The predicted octanol–water partition coefficient (Wildman–Crippen LogP) is 3.74. The van der Waals surface area contributed by atoms with Crippen molar-refractivity contribution in [2.45, 2.75) is 43.7 Å². The number of hydrogen-bond acceptors (Lipinski definition) is 6. The lowest BCUT2D eigenvalue weighted by atomic mass is 9.44. The maximum atomic E-state index is 13.8. The number of halogens is 2. The van der Waals surface area contributed by atoms with Gasteiger partial charge in [0.1, 0.15) is 23.3 Å². The summed E-state index contributed by atoms with van der Waals surface area (Å²) in [6.07, 6.45) is 7.74. The third-order valence-electron chi connectivity index (χ3n) is 6.86. The van der Waals surface area contributed by atoms with Gasteiger partial charge in [-0.25, -0.2) is 13.8 Å². The highest BCUT2D eigenvalue weighted by Crippen LogP contribution is 2.66. The summed E-state index contributed by atoms with van der Waals surface area (Å²) < 4.78 is 29.9. The minimum atomic E-state index is -0.599. The zero-order chi connectivity index (χ0) is 21.4. The Labute approximate surface area is 178 Å². The molecule has 0 saturated heterocycles. The summed E-state index contributed by atoms with van der Waals surface area (Å²) in [6, 6.07) is 3.56. The molecule has 9 heteroatoms. The lowest BCUT2D eigenvalue weighted by Crippen LogP contribution is -2.75. The molecule has 3 saturated carbocycles. The van der Waals surface area contributed by atoms with Gasteiger partial charge in [0.25, 0.3) is 0 Å². The van der Waals surface area contributed by atoms with Crippen LogP contribution < -0.4 is 15.5 Å². The second-order valence-corrected chi connectivity index (χ2v) is 9.06. The minimum Gasteiger partial charge on any atom is -0.373 e. The lowest BCUT2D eigenvalue weighted by Gasteiger charge is -2.70. The van der Waals surface area contributed by atoms with E-state index in [4.69, 9.17) is 9.97 Å². The number of aryl methyl sites for hydroxylation is 1. The van der Waals surface area contributed by atoms with Crippen LogP contribution in [0.4, 0.5) is 32.1 Å². The minimum absolute atomic E-state index is 0.00811. The number of benzene rings is 1. The van der Waals surface area contributed by atoms with Crippen molar-refractivity contribution in [3.05, 3.63) is 53.6 Å². The van der Waals surface area contributed by atoms with Crippen LogP contribution in [-0.2, 0) is 12.0 Å². The smallest absolute Gasteiger partial charge is 0.227 e. The summed E-state index contributed by atoms with van der Waals surface area (Å²) >= 11 is 0. The summed E-state index contributed by atoms with van der Waals surface area (Å²) in [7, 11) is 1.83. The molecule has 0 atom stereocenters.